The number of nitrogen functional groups attached to an aromatic ring is 1. The highest BCUT2D eigenvalue weighted by Crippen LogP contribution is 2.17. The normalized spacial score (nSPS) is 10.6. The molecule has 17 heavy (non-hydrogen) atoms. The van der Waals surface area contributed by atoms with Gasteiger partial charge in [0.15, 0.2) is 0 Å². The lowest BCUT2D eigenvalue weighted by Gasteiger charge is -2.05. The predicted molar refractivity (Wildman–Crippen MR) is 66.7 cm³/mol. The maximum absolute atomic E-state index is 5.35. The van der Waals surface area contributed by atoms with Gasteiger partial charge in [-0.1, -0.05) is 18.2 Å². The minimum Gasteiger partial charge on any atom is -0.308 e. The van der Waals surface area contributed by atoms with E-state index in [1.807, 2.05) is 47.0 Å². The zero-order valence-corrected chi connectivity index (χ0v) is 9.04. The number of nitrogens with one attached hydrogen (secondary N) is 1. The molecule has 5 nitrogen and oxygen atoms in total. The predicted octanol–water partition coefficient (Wildman–Crippen LogP) is 1.71. The van der Waals surface area contributed by atoms with Gasteiger partial charge in [0.05, 0.1) is 11.0 Å². The number of imidazole rings is 1. The Balaban J connectivity index is 2.20. The van der Waals surface area contributed by atoms with Gasteiger partial charge >= 0.3 is 0 Å². The number of fused-ring (bicyclic) bond motifs is 1. The molecule has 5 heteroatoms. The zero-order chi connectivity index (χ0) is 11.7. The topological polar surface area (TPSA) is 68.8 Å². The van der Waals surface area contributed by atoms with Gasteiger partial charge in [0.25, 0.3) is 0 Å². The van der Waals surface area contributed by atoms with Gasteiger partial charge in [-0.05, 0) is 24.3 Å². The summed E-state index contributed by atoms with van der Waals surface area (Å²) in [5.74, 6) is 6.76. The standard InChI is InChI=1S/C12H11N5/c13-16-11-6-3-7-12(15-11)17-8-14-9-4-1-2-5-10(9)17/h1-8H,13H2,(H,15,16). The summed E-state index contributed by atoms with van der Waals surface area (Å²) in [6.07, 6.45) is 1.76. The van der Waals surface area contributed by atoms with Gasteiger partial charge in [0, 0.05) is 0 Å². The first-order valence-electron chi connectivity index (χ1n) is 5.24. The molecule has 0 bridgehead atoms. The number of hydrogen-bond donors (Lipinski definition) is 2. The van der Waals surface area contributed by atoms with Crippen molar-refractivity contribution in [2.45, 2.75) is 0 Å². The van der Waals surface area contributed by atoms with Crippen molar-refractivity contribution in [3.05, 3.63) is 48.8 Å². The average Bonchev–Trinajstić information content (AvgIpc) is 2.82. The summed E-state index contributed by atoms with van der Waals surface area (Å²) < 4.78 is 1.93. The second-order valence-corrected chi connectivity index (χ2v) is 3.63. The van der Waals surface area contributed by atoms with Gasteiger partial charge in [-0.3, -0.25) is 4.57 Å². The van der Waals surface area contributed by atoms with Crippen LogP contribution in [0.3, 0.4) is 0 Å². The Labute approximate surface area is 97.9 Å². The summed E-state index contributed by atoms with van der Waals surface area (Å²) in [6.45, 7) is 0. The van der Waals surface area contributed by atoms with Crippen LogP contribution in [0.4, 0.5) is 5.82 Å². The number of nitrogens with zero attached hydrogens (tertiary/aromatic N) is 3. The third-order valence-corrected chi connectivity index (χ3v) is 2.58. The zero-order valence-electron chi connectivity index (χ0n) is 9.04. The quantitative estimate of drug-likeness (QED) is 0.514. The van der Waals surface area contributed by atoms with E-state index in [4.69, 9.17) is 5.84 Å². The van der Waals surface area contributed by atoms with E-state index in [-0.39, 0.29) is 0 Å². The number of pyridine rings is 1. The molecule has 84 valence electrons. The summed E-state index contributed by atoms with van der Waals surface area (Å²) in [4.78, 5) is 8.69. The van der Waals surface area contributed by atoms with E-state index in [0.717, 1.165) is 16.9 Å². The SMILES string of the molecule is NNc1cccc(-n2cnc3ccccc32)n1. The fraction of sp³-hybridized carbons (Fsp3) is 0. The van der Waals surface area contributed by atoms with Crippen LogP contribution in [0.2, 0.25) is 0 Å². The number of hydrogen-bond acceptors (Lipinski definition) is 4. The molecule has 0 aliphatic carbocycles. The second-order valence-electron chi connectivity index (χ2n) is 3.63. The number of aromatic nitrogens is 3. The van der Waals surface area contributed by atoms with Gasteiger partial charge < -0.3 is 5.43 Å². The Morgan fingerprint density at radius 2 is 1.94 bits per heavy atom. The first kappa shape index (κ1) is 9.80. The first-order chi connectivity index (χ1) is 8.38. The van der Waals surface area contributed by atoms with Crippen molar-refractivity contribution in [3.63, 3.8) is 0 Å². The molecule has 0 amide bonds. The van der Waals surface area contributed by atoms with E-state index in [0.29, 0.717) is 5.82 Å². The fourth-order valence-electron chi connectivity index (χ4n) is 1.78. The van der Waals surface area contributed by atoms with E-state index in [2.05, 4.69) is 15.4 Å². The van der Waals surface area contributed by atoms with Gasteiger partial charge in [0.2, 0.25) is 0 Å². The van der Waals surface area contributed by atoms with E-state index in [1.165, 1.54) is 0 Å². The lowest BCUT2D eigenvalue weighted by Crippen LogP contribution is -2.09. The lowest BCUT2D eigenvalue weighted by molar-refractivity contribution is 1.02. The Kier molecular flexibility index (Phi) is 2.23. The maximum Gasteiger partial charge on any atom is 0.142 e. The Morgan fingerprint density at radius 1 is 1.06 bits per heavy atom. The maximum atomic E-state index is 5.35. The Bertz CT molecular complexity index is 659. The minimum atomic E-state index is 0.625. The summed E-state index contributed by atoms with van der Waals surface area (Å²) in [5.41, 5.74) is 4.50. The van der Waals surface area contributed by atoms with Gasteiger partial charge in [-0.25, -0.2) is 15.8 Å². The highest BCUT2D eigenvalue weighted by Gasteiger charge is 2.04. The third-order valence-electron chi connectivity index (χ3n) is 2.58. The molecule has 2 aromatic heterocycles. The third kappa shape index (κ3) is 1.62. The molecular weight excluding hydrogens is 214 g/mol. The molecule has 0 fully saturated rings. The van der Waals surface area contributed by atoms with E-state index >= 15 is 0 Å². The van der Waals surface area contributed by atoms with Crippen molar-refractivity contribution in [1.29, 1.82) is 0 Å². The van der Waals surface area contributed by atoms with Crippen LogP contribution in [0.1, 0.15) is 0 Å². The number of nitrogens with two attached hydrogens (primary N) is 1. The van der Waals surface area contributed by atoms with Crippen LogP contribution in [0.5, 0.6) is 0 Å². The summed E-state index contributed by atoms with van der Waals surface area (Å²) in [5, 5.41) is 0. The molecular formula is C12H11N5. The molecule has 0 radical (unpaired) electrons. The largest absolute Gasteiger partial charge is 0.308 e. The van der Waals surface area contributed by atoms with Crippen LogP contribution < -0.4 is 11.3 Å². The smallest absolute Gasteiger partial charge is 0.142 e. The van der Waals surface area contributed by atoms with Gasteiger partial charge in [0.1, 0.15) is 18.0 Å². The van der Waals surface area contributed by atoms with Crippen LogP contribution in [-0.2, 0) is 0 Å². The summed E-state index contributed by atoms with van der Waals surface area (Å²) >= 11 is 0. The van der Waals surface area contributed by atoms with Crippen LogP contribution in [0, 0.1) is 0 Å². The average molecular weight is 225 g/mol. The van der Waals surface area contributed by atoms with Crippen LogP contribution in [0.15, 0.2) is 48.8 Å². The molecule has 0 saturated carbocycles. The van der Waals surface area contributed by atoms with Crippen LogP contribution in [-0.4, -0.2) is 14.5 Å². The molecule has 3 rings (SSSR count). The minimum absolute atomic E-state index is 0.625. The molecule has 0 atom stereocenters. The highest BCUT2D eigenvalue weighted by molar-refractivity contribution is 5.76. The van der Waals surface area contributed by atoms with Crippen molar-refractivity contribution in [2.75, 3.05) is 5.43 Å². The van der Waals surface area contributed by atoms with E-state index in [9.17, 15) is 0 Å². The fourth-order valence-corrected chi connectivity index (χ4v) is 1.78. The van der Waals surface area contributed by atoms with Crippen molar-refractivity contribution >= 4 is 16.9 Å². The molecule has 2 heterocycles. The molecule has 0 aliphatic rings. The van der Waals surface area contributed by atoms with Gasteiger partial charge in [-0.2, -0.15) is 0 Å². The monoisotopic (exact) mass is 225 g/mol. The van der Waals surface area contributed by atoms with Crippen molar-refractivity contribution < 1.29 is 0 Å². The summed E-state index contributed by atoms with van der Waals surface area (Å²) in [7, 11) is 0. The Hall–Kier alpha value is -2.40. The van der Waals surface area contributed by atoms with Gasteiger partial charge in [-0.15, -0.1) is 0 Å². The van der Waals surface area contributed by atoms with Crippen molar-refractivity contribution in [3.8, 4) is 5.82 Å². The van der Waals surface area contributed by atoms with Crippen molar-refractivity contribution in [1.82, 2.24) is 14.5 Å². The number of anilines is 1. The number of hydrazine groups is 1. The molecule has 0 aliphatic heterocycles. The molecule has 1 aromatic carbocycles. The van der Waals surface area contributed by atoms with Crippen molar-refractivity contribution in [2.24, 2.45) is 5.84 Å². The van der Waals surface area contributed by atoms with E-state index < -0.39 is 0 Å². The number of benzene rings is 1. The first-order valence-corrected chi connectivity index (χ1v) is 5.24. The molecule has 0 spiro atoms. The second kappa shape index (κ2) is 3.88. The lowest BCUT2D eigenvalue weighted by atomic mass is 10.3. The Morgan fingerprint density at radius 3 is 2.82 bits per heavy atom. The number of para-hydroxylation sites is 2. The molecule has 3 aromatic rings. The molecule has 0 saturated heterocycles. The highest BCUT2D eigenvalue weighted by atomic mass is 15.3. The molecule has 3 N–H and O–H groups in total. The number of rotatable bonds is 2. The van der Waals surface area contributed by atoms with Crippen LogP contribution in [0.25, 0.3) is 16.9 Å². The van der Waals surface area contributed by atoms with Crippen LogP contribution >= 0.6 is 0 Å². The molecule has 0 unspecified atom stereocenters. The van der Waals surface area contributed by atoms with E-state index in [1.54, 1.807) is 6.33 Å². The summed E-state index contributed by atoms with van der Waals surface area (Å²) in [6, 6.07) is 13.5.